The molecule has 3 saturated heterocycles. The van der Waals surface area contributed by atoms with Crippen molar-refractivity contribution in [1.29, 1.82) is 0 Å². The van der Waals surface area contributed by atoms with E-state index in [9.17, 15) is 14.4 Å². The van der Waals surface area contributed by atoms with Gasteiger partial charge in [0.25, 0.3) is 5.91 Å². The maximum Gasteiger partial charge on any atom is 1.00 e. The summed E-state index contributed by atoms with van der Waals surface area (Å²) in [5, 5.41) is 3.37. The molecule has 1 saturated carbocycles. The van der Waals surface area contributed by atoms with Crippen LogP contribution < -0.4 is 24.2 Å². The summed E-state index contributed by atoms with van der Waals surface area (Å²) >= 11 is 0. The number of imide groups is 1. The number of piperidine rings is 3. The van der Waals surface area contributed by atoms with E-state index in [1.807, 2.05) is 18.3 Å². The van der Waals surface area contributed by atoms with E-state index in [0.29, 0.717) is 30.5 Å². The molecule has 1 unspecified atom stereocenters. The topological polar surface area (TPSA) is 117 Å². The van der Waals surface area contributed by atoms with Crippen LogP contribution in [0.15, 0.2) is 54.9 Å². The predicted octanol–water partition coefficient (Wildman–Crippen LogP) is 2.34. The van der Waals surface area contributed by atoms with Crippen LogP contribution in [0.1, 0.15) is 109 Å². The summed E-state index contributed by atoms with van der Waals surface area (Å²) in [7, 11) is 3.55. The number of likely N-dealkylation sites (tertiary alicyclic amines) is 2. The fraction of sp³-hybridized carbons (Fsp3) is 0.524. The fourth-order valence-corrected chi connectivity index (χ4v) is 8.74. The third kappa shape index (κ3) is 9.49. The summed E-state index contributed by atoms with van der Waals surface area (Å²) in [6, 6.07) is 15.5. The molecule has 4 aromatic rings. The first-order chi connectivity index (χ1) is 25.8. The maximum absolute atomic E-state index is 12.3. The molecule has 4 fully saturated rings. The number of carbonyl (C=O) groups is 3. The Morgan fingerprint density at radius 1 is 0.870 bits per heavy atom. The fourth-order valence-electron chi connectivity index (χ4n) is 8.74. The summed E-state index contributed by atoms with van der Waals surface area (Å²) < 4.78 is 2.09. The van der Waals surface area contributed by atoms with Gasteiger partial charge < -0.3 is 34.2 Å². The van der Waals surface area contributed by atoms with Crippen LogP contribution in [-0.2, 0) is 16.0 Å². The van der Waals surface area contributed by atoms with Gasteiger partial charge in [-0.25, -0.2) is 0 Å². The molecule has 12 heteroatoms. The Bertz CT molecular complexity index is 1840. The number of rotatable bonds is 8. The SMILES string of the molecule is CN(C)C(=O)c1cc2cn[c-]nc2n1C1CCCC1.O=C1CCC(c2ccc(CCN3CCC(N4CCC(c5cc[c-]nc5)CC4)CC3)cc2)C(=O)N1.[Li+]. The Morgan fingerprint density at radius 2 is 1.61 bits per heavy atom. The second-order valence-corrected chi connectivity index (χ2v) is 15.4. The average Bonchev–Trinajstić information content (AvgIpc) is 3.86. The molecule has 3 aliphatic heterocycles. The number of nitrogens with one attached hydrogen (secondary N) is 1. The minimum atomic E-state index is -0.196. The van der Waals surface area contributed by atoms with Crippen molar-refractivity contribution in [3.63, 3.8) is 0 Å². The standard InChI is InChI=1S/C28H35N4O2.C14H17N4O.Li/c33-27-8-7-26(28(34)30-27)23-5-3-21(4-6-23)9-15-31-16-12-25(13-17-31)32-18-10-22(11-19-32)24-2-1-14-29-20-24;1-17(2)14(19)12-7-10-8-15-9-16-13(10)18(12)11-5-3-4-6-11;/h1-6,20,22,25-26H,7-13,15-19H2,(H,30,33,34);7-8,11H,3-6H2,1-2H3;/q2*-1;+1. The van der Waals surface area contributed by atoms with Gasteiger partial charge in [-0.15, -0.1) is 5.56 Å². The Morgan fingerprint density at radius 3 is 2.28 bits per heavy atom. The Kier molecular flexibility index (Phi) is 13.7. The van der Waals surface area contributed by atoms with Gasteiger partial charge in [-0.2, -0.15) is 12.1 Å². The van der Waals surface area contributed by atoms with Gasteiger partial charge in [-0.3, -0.25) is 19.7 Å². The van der Waals surface area contributed by atoms with Crippen molar-refractivity contribution in [3.8, 4) is 0 Å². The molecular formula is C42H52LiN8O3-. The first-order valence-electron chi connectivity index (χ1n) is 19.5. The van der Waals surface area contributed by atoms with Gasteiger partial charge in [0.05, 0.1) is 11.6 Å². The van der Waals surface area contributed by atoms with Gasteiger partial charge in [0.2, 0.25) is 11.8 Å². The molecule has 1 atom stereocenters. The van der Waals surface area contributed by atoms with E-state index in [0.717, 1.165) is 48.4 Å². The molecule has 1 aromatic carbocycles. The molecule has 0 bridgehead atoms. The first-order valence-corrected chi connectivity index (χ1v) is 19.5. The van der Waals surface area contributed by atoms with E-state index < -0.39 is 0 Å². The normalized spacial score (nSPS) is 20.6. The molecule has 8 rings (SSSR count). The Balaban J connectivity index is 0.000000211. The first kappa shape index (κ1) is 39.8. The van der Waals surface area contributed by atoms with Crippen LogP contribution in [0.25, 0.3) is 11.0 Å². The summed E-state index contributed by atoms with van der Waals surface area (Å²) in [4.78, 5) is 55.1. The minimum Gasteiger partial charge on any atom is -0.394 e. The zero-order valence-electron chi connectivity index (χ0n) is 32.2. The number of nitrogens with zero attached hydrogens (tertiary/aromatic N) is 7. The van der Waals surface area contributed by atoms with Crippen molar-refractivity contribution in [2.45, 2.75) is 94.5 Å². The summed E-state index contributed by atoms with van der Waals surface area (Å²) in [5.41, 5.74) is 5.24. The van der Waals surface area contributed by atoms with Crippen molar-refractivity contribution in [2.75, 3.05) is 46.8 Å². The van der Waals surface area contributed by atoms with Crippen molar-refractivity contribution in [3.05, 3.63) is 89.8 Å². The number of hydrogen-bond acceptors (Lipinski definition) is 8. The number of fused-ring (bicyclic) bond motifs is 1. The van der Waals surface area contributed by atoms with E-state index in [1.165, 1.54) is 75.8 Å². The van der Waals surface area contributed by atoms with E-state index >= 15 is 0 Å². The van der Waals surface area contributed by atoms with E-state index in [1.54, 1.807) is 25.2 Å². The molecule has 1 aliphatic carbocycles. The Hall–Kier alpha value is -3.88. The van der Waals surface area contributed by atoms with Gasteiger partial charge in [-0.05, 0) is 101 Å². The van der Waals surface area contributed by atoms with Gasteiger partial charge in [0.15, 0.2) is 0 Å². The van der Waals surface area contributed by atoms with E-state index in [4.69, 9.17) is 0 Å². The number of benzene rings is 1. The number of amides is 3. The summed E-state index contributed by atoms with van der Waals surface area (Å²) in [6.07, 6.45) is 21.0. The average molecular weight is 724 g/mol. The van der Waals surface area contributed by atoms with Crippen LogP contribution in [0.2, 0.25) is 0 Å². The number of carbonyl (C=O) groups excluding carboxylic acids is 3. The molecule has 11 nitrogen and oxygen atoms in total. The molecule has 4 aliphatic rings. The summed E-state index contributed by atoms with van der Waals surface area (Å²) in [6.45, 7) is 5.85. The maximum atomic E-state index is 12.3. The molecule has 1 N–H and O–H groups in total. The van der Waals surface area contributed by atoms with Crippen LogP contribution in [0, 0.1) is 12.5 Å². The van der Waals surface area contributed by atoms with Gasteiger partial charge in [-0.1, -0.05) is 61.1 Å². The second kappa shape index (κ2) is 18.6. The van der Waals surface area contributed by atoms with E-state index in [2.05, 4.69) is 77.5 Å². The summed E-state index contributed by atoms with van der Waals surface area (Å²) in [5.74, 6) is 0.157. The van der Waals surface area contributed by atoms with Crippen molar-refractivity contribution in [1.82, 2.24) is 39.5 Å². The van der Waals surface area contributed by atoms with E-state index in [-0.39, 0.29) is 42.5 Å². The smallest absolute Gasteiger partial charge is 0.394 e. The number of pyridine rings is 1. The quantitative estimate of drug-likeness (QED) is 0.168. The minimum absolute atomic E-state index is 0. The predicted molar refractivity (Wildman–Crippen MR) is 203 cm³/mol. The van der Waals surface area contributed by atoms with Gasteiger partial charge in [0.1, 0.15) is 0 Å². The van der Waals surface area contributed by atoms with Crippen molar-refractivity contribution < 1.29 is 33.2 Å². The van der Waals surface area contributed by atoms with Crippen LogP contribution in [0.4, 0.5) is 0 Å². The third-order valence-corrected chi connectivity index (χ3v) is 11.8. The third-order valence-electron chi connectivity index (χ3n) is 11.8. The van der Waals surface area contributed by atoms with Gasteiger partial charge in [0, 0.05) is 51.1 Å². The molecule has 280 valence electrons. The monoisotopic (exact) mass is 723 g/mol. The number of aromatic nitrogens is 4. The van der Waals surface area contributed by atoms with Crippen molar-refractivity contribution in [2.24, 2.45) is 0 Å². The zero-order chi connectivity index (χ0) is 36.7. The molecule has 6 heterocycles. The molecule has 3 amide bonds. The van der Waals surface area contributed by atoms with Crippen LogP contribution >= 0.6 is 0 Å². The molecule has 0 spiro atoms. The van der Waals surface area contributed by atoms with Gasteiger partial charge >= 0.3 is 18.9 Å². The molecule has 3 aromatic heterocycles. The van der Waals surface area contributed by atoms with Crippen LogP contribution in [0.3, 0.4) is 0 Å². The Labute approximate surface area is 331 Å². The molecule has 0 radical (unpaired) electrons. The largest absolute Gasteiger partial charge is 1.00 e. The number of hydrogen-bond donors (Lipinski definition) is 1. The second-order valence-electron chi connectivity index (χ2n) is 15.4. The van der Waals surface area contributed by atoms with Crippen molar-refractivity contribution >= 4 is 28.8 Å². The van der Waals surface area contributed by atoms with Crippen LogP contribution in [0.5, 0.6) is 0 Å². The molecular weight excluding hydrogens is 671 g/mol. The zero-order valence-corrected chi connectivity index (χ0v) is 32.2. The molecule has 54 heavy (non-hydrogen) atoms. The van der Waals surface area contributed by atoms with Crippen LogP contribution in [-0.4, -0.2) is 105 Å².